The van der Waals surface area contributed by atoms with Gasteiger partial charge in [-0.25, -0.2) is 13.1 Å². The van der Waals surface area contributed by atoms with E-state index < -0.39 is 16.1 Å². The molecular weight excluding hydrogens is 276 g/mol. The van der Waals surface area contributed by atoms with Crippen LogP contribution in [0.3, 0.4) is 0 Å². The van der Waals surface area contributed by atoms with Crippen molar-refractivity contribution in [3.63, 3.8) is 0 Å². The van der Waals surface area contributed by atoms with E-state index in [1.807, 2.05) is 31.2 Å². The third-order valence-electron chi connectivity index (χ3n) is 3.49. The summed E-state index contributed by atoms with van der Waals surface area (Å²) in [4.78, 5) is 14.1. The van der Waals surface area contributed by atoms with Crippen LogP contribution >= 0.6 is 0 Å². The third kappa shape index (κ3) is 3.37. The molecule has 0 radical (unpaired) electrons. The van der Waals surface area contributed by atoms with Gasteiger partial charge in [0.05, 0.1) is 5.75 Å². The van der Waals surface area contributed by atoms with Crippen LogP contribution in [0.15, 0.2) is 24.3 Å². The standard InChI is InChI=1S/C14H20N2O3S/c1-3-20(18,19)15-13-5-4-10-16(14(13)17)12-8-6-11(2)7-9-12/h6-9,13,15H,3-5,10H2,1-2H3/t13-/m0/s1. The number of sulfonamides is 1. The normalized spacial score (nSPS) is 20.2. The lowest BCUT2D eigenvalue weighted by Crippen LogP contribution is -2.52. The average Bonchev–Trinajstić information content (AvgIpc) is 2.42. The molecule has 2 rings (SSSR count). The molecule has 0 aliphatic carbocycles. The van der Waals surface area contributed by atoms with E-state index in [0.29, 0.717) is 13.0 Å². The zero-order chi connectivity index (χ0) is 14.8. The molecule has 1 aliphatic rings. The Hall–Kier alpha value is -1.40. The predicted molar refractivity (Wildman–Crippen MR) is 79.2 cm³/mol. The minimum atomic E-state index is -3.36. The zero-order valence-corrected chi connectivity index (χ0v) is 12.6. The fourth-order valence-corrected chi connectivity index (χ4v) is 3.08. The number of amides is 1. The second-order valence-electron chi connectivity index (χ2n) is 5.04. The van der Waals surface area contributed by atoms with Gasteiger partial charge in [0.15, 0.2) is 0 Å². The molecule has 5 nitrogen and oxygen atoms in total. The molecule has 110 valence electrons. The van der Waals surface area contributed by atoms with Crippen molar-refractivity contribution in [3.8, 4) is 0 Å². The van der Waals surface area contributed by atoms with Gasteiger partial charge in [0.25, 0.3) is 0 Å². The van der Waals surface area contributed by atoms with E-state index in [1.54, 1.807) is 11.8 Å². The fraction of sp³-hybridized carbons (Fsp3) is 0.500. The average molecular weight is 296 g/mol. The first-order valence-electron chi connectivity index (χ1n) is 6.81. The number of benzene rings is 1. The van der Waals surface area contributed by atoms with E-state index in [4.69, 9.17) is 0 Å². The highest BCUT2D eigenvalue weighted by Gasteiger charge is 2.31. The summed E-state index contributed by atoms with van der Waals surface area (Å²) < 4.78 is 25.7. The molecule has 20 heavy (non-hydrogen) atoms. The Bertz CT molecular complexity index is 581. The molecule has 1 amide bonds. The van der Waals surface area contributed by atoms with Crippen LogP contribution in [0.25, 0.3) is 0 Å². The summed E-state index contributed by atoms with van der Waals surface area (Å²) in [6.07, 6.45) is 1.34. The Morgan fingerprint density at radius 2 is 1.95 bits per heavy atom. The molecule has 6 heteroatoms. The van der Waals surface area contributed by atoms with E-state index in [1.165, 1.54) is 0 Å². The van der Waals surface area contributed by atoms with Crippen LogP contribution in [-0.4, -0.2) is 32.7 Å². The van der Waals surface area contributed by atoms with Crippen LogP contribution in [0.2, 0.25) is 0 Å². The molecule has 1 N–H and O–H groups in total. The molecule has 0 aromatic heterocycles. The highest BCUT2D eigenvalue weighted by molar-refractivity contribution is 7.89. The SMILES string of the molecule is CCS(=O)(=O)N[C@H]1CCCN(c2ccc(C)cc2)C1=O. The zero-order valence-electron chi connectivity index (χ0n) is 11.8. The Morgan fingerprint density at radius 3 is 2.55 bits per heavy atom. The second kappa shape index (κ2) is 5.93. The molecule has 1 heterocycles. The number of carbonyl (C=O) groups excluding carboxylic acids is 1. The molecule has 1 aromatic rings. The summed E-state index contributed by atoms with van der Waals surface area (Å²) in [6.45, 7) is 4.18. The summed E-state index contributed by atoms with van der Waals surface area (Å²) >= 11 is 0. The van der Waals surface area contributed by atoms with E-state index in [2.05, 4.69) is 4.72 Å². The van der Waals surface area contributed by atoms with Gasteiger partial charge >= 0.3 is 0 Å². The van der Waals surface area contributed by atoms with E-state index in [0.717, 1.165) is 17.7 Å². The largest absolute Gasteiger partial charge is 0.311 e. The number of hydrogen-bond acceptors (Lipinski definition) is 3. The van der Waals surface area contributed by atoms with E-state index in [9.17, 15) is 13.2 Å². The second-order valence-corrected chi connectivity index (χ2v) is 7.08. The van der Waals surface area contributed by atoms with Gasteiger partial charge in [-0.3, -0.25) is 4.79 Å². The van der Waals surface area contributed by atoms with Gasteiger partial charge in [0, 0.05) is 12.2 Å². The maximum Gasteiger partial charge on any atom is 0.245 e. The predicted octanol–water partition coefficient (Wildman–Crippen LogP) is 1.43. The Balaban J connectivity index is 2.16. The third-order valence-corrected chi connectivity index (χ3v) is 4.89. The van der Waals surface area contributed by atoms with Gasteiger partial charge in [-0.05, 0) is 38.8 Å². The Morgan fingerprint density at radius 1 is 1.30 bits per heavy atom. The minimum absolute atomic E-state index is 0.0126. The summed E-state index contributed by atoms with van der Waals surface area (Å²) in [6, 6.07) is 7.04. The van der Waals surface area contributed by atoms with Gasteiger partial charge in [0.2, 0.25) is 15.9 Å². The highest BCUT2D eigenvalue weighted by Crippen LogP contribution is 2.21. The number of aryl methyl sites for hydroxylation is 1. The fourth-order valence-electron chi connectivity index (χ4n) is 2.27. The van der Waals surface area contributed by atoms with Gasteiger partial charge in [-0.15, -0.1) is 0 Å². The van der Waals surface area contributed by atoms with Gasteiger partial charge in [-0.2, -0.15) is 0 Å². The van der Waals surface area contributed by atoms with Crippen LogP contribution in [0.4, 0.5) is 5.69 Å². The van der Waals surface area contributed by atoms with Crippen LogP contribution in [-0.2, 0) is 14.8 Å². The Kier molecular flexibility index (Phi) is 4.45. The number of anilines is 1. The first-order valence-corrected chi connectivity index (χ1v) is 8.46. The van der Waals surface area contributed by atoms with Crippen LogP contribution in [0.5, 0.6) is 0 Å². The summed E-state index contributed by atoms with van der Waals surface area (Å²) in [5.74, 6) is -0.182. The van der Waals surface area contributed by atoms with Crippen molar-refractivity contribution in [2.75, 3.05) is 17.2 Å². The lowest BCUT2D eigenvalue weighted by molar-refractivity contribution is -0.121. The number of carbonyl (C=O) groups is 1. The molecule has 0 spiro atoms. The molecule has 1 aliphatic heterocycles. The monoisotopic (exact) mass is 296 g/mol. The number of rotatable bonds is 4. The smallest absolute Gasteiger partial charge is 0.245 e. The molecule has 0 saturated carbocycles. The number of nitrogens with one attached hydrogen (secondary N) is 1. The lowest BCUT2D eigenvalue weighted by Gasteiger charge is -2.32. The maximum absolute atomic E-state index is 12.4. The molecule has 0 unspecified atom stereocenters. The molecule has 1 saturated heterocycles. The van der Waals surface area contributed by atoms with Crippen LogP contribution in [0, 0.1) is 6.92 Å². The van der Waals surface area contributed by atoms with Gasteiger partial charge in [0.1, 0.15) is 6.04 Å². The van der Waals surface area contributed by atoms with Crippen LogP contribution < -0.4 is 9.62 Å². The van der Waals surface area contributed by atoms with Crippen molar-refractivity contribution in [2.45, 2.75) is 32.7 Å². The number of piperidine rings is 1. The molecular formula is C14H20N2O3S. The van der Waals surface area contributed by atoms with Crippen molar-refractivity contribution in [3.05, 3.63) is 29.8 Å². The minimum Gasteiger partial charge on any atom is -0.311 e. The number of hydrogen-bond donors (Lipinski definition) is 1. The molecule has 0 bridgehead atoms. The van der Waals surface area contributed by atoms with Crippen molar-refractivity contribution in [2.24, 2.45) is 0 Å². The molecule has 1 fully saturated rings. The topological polar surface area (TPSA) is 66.5 Å². The van der Waals surface area contributed by atoms with Gasteiger partial charge in [-0.1, -0.05) is 17.7 Å². The Labute approximate surface area is 120 Å². The lowest BCUT2D eigenvalue weighted by atomic mass is 10.0. The van der Waals surface area contributed by atoms with Crippen molar-refractivity contribution >= 4 is 21.6 Å². The van der Waals surface area contributed by atoms with Crippen molar-refractivity contribution in [1.29, 1.82) is 0 Å². The summed E-state index contributed by atoms with van der Waals surface area (Å²) in [5.41, 5.74) is 1.95. The number of nitrogens with zero attached hydrogens (tertiary/aromatic N) is 1. The quantitative estimate of drug-likeness (QED) is 0.914. The molecule has 1 aromatic carbocycles. The van der Waals surface area contributed by atoms with Crippen molar-refractivity contribution in [1.82, 2.24) is 4.72 Å². The highest BCUT2D eigenvalue weighted by atomic mass is 32.2. The van der Waals surface area contributed by atoms with E-state index >= 15 is 0 Å². The summed E-state index contributed by atoms with van der Waals surface area (Å²) in [7, 11) is -3.36. The first kappa shape index (κ1) is 15.0. The summed E-state index contributed by atoms with van der Waals surface area (Å²) in [5, 5.41) is 0. The van der Waals surface area contributed by atoms with Crippen molar-refractivity contribution < 1.29 is 13.2 Å². The molecule has 1 atom stereocenters. The first-order chi connectivity index (χ1) is 9.43. The van der Waals surface area contributed by atoms with Gasteiger partial charge < -0.3 is 4.90 Å². The van der Waals surface area contributed by atoms with E-state index in [-0.39, 0.29) is 11.7 Å². The van der Waals surface area contributed by atoms with Crippen LogP contribution in [0.1, 0.15) is 25.3 Å². The maximum atomic E-state index is 12.4.